The molecule has 2 rings (SSSR count). The summed E-state index contributed by atoms with van der Waals surface area (Å²) in [6.45, 7) is 5.85. The summed E-state index contributed by atoms with van der Waals surface area (Å²) in [4.78, 5) is 21.4. The van der Waals surface area contributed by atoms with Crippen LogP contribution in [0.3, 0.4) is 0 Å². The molecule has 19 heavy (non-hydrogen) atoms. The molecular weight excluding hydrogens is 278 g/mol. The summed E-state index contributed by atoms with van der Waals surface area (Å²) in [7, 11) is 0. The molecule has 0 spiro atoms. The maximum absolute atomic E-state index is 12.4. The number of hydrogen-bond donors (Lipinski definition) is 0. The van der Waals surface area contributed by atoms with Crippen LogP contribution in [0.5, 0.6) is 0 Å². The van der Waals surface area contributed by atoms with Crippen LogP contribution in [0.25, 0.3) is 0 Å². The average molecular weight is 291 g/mol. The van der Waals surface area contributed by atoms with Crippen molar-refractivity contribution in [2.75, 3.05) is 0 Å². The van der Waals surface area contributed by atoms with Crippen molar-refractivity contribution >= 4 is 28.5 Å². The van der Waals surface area contributed by atoms with E-state index in [2.05, 4.69) is 16.0 Å². The molecule has 98 valence electrons. The summed E-state index contributed by atoms with van der Waals surface area (Å²) >= 11 is 2.65. The first-order chi connectivity index (χ1) is 9.04. The second-order valence-corrected chi connectivity index (χ2v) is 6.20. The van der Waals surface area contributed by atoms with Gasteiger partial charge in [0.2, 0.25) is 0 Å². The summed E-state index contributed by atoms with van der Waals surface area (Å²) < 4.78 is 0. The van der Waals surface area contributed by atoms with Gasteiger partial charge in [-0.15, -0.1) is 22.7 Å². The van der Waals surface area contributed by atoms with Gasteiger partial charge in [-0.05, 0) is 12.8 Å². The van der Waals surface area contributed by atoms with Gasteiger partial charge in [0.25, 0.3) is 0 Å². The fourth-order valence-corrected chi connectivity index (χ4v) is 3.39. The van der Waals surface area contributed by atoms with Crippen molar-refractivity contribution in [3.63, 3.8) is 0 Å². The second-order valence-electron chi connectivity index (χ2n) is 4.46. The number of nitrogens with zero attached hydrogens (tertiary/aromatic N) is 3. The number of thiazole rings is 2. The Kier molecular flexibility index (Phi) is 4.08. The zero-order valence-corrected chi connectivity index (χ0v) is 12.5. The lowest BCUT2D eigenvalue weighted by Crippen LogP contribution is -2.11. The molecule has 0 aliphatic rings. The molecule has 0 radical (unpaired) electrons. The standard InChI is InChI=1S/C13H13N3OS2/c1-7(2)10-5-18-13(16-10)9(4-14)11(17)12-8(3)15-6-19-12/h5-7,9H,1-3H3. The van der Waals surface area contributed by atoms with Gasteiger partial charge in [0.1, 0.15) is 5.01 Å². The third kappa shape index (κ3) is 2.72. The van der Waals surface area contributed by atoms with Gasteiger partial charge in [-0.2, -0.15) is 5.26 Å². The molecule has 0 aliphatic carbocycles. The fourth-order valence-electron chi connectivity index (χ4n) is 1.59. The van der Waals surface area contributed by atoms with Crippen molar-refractivity contribution in [3.05, 3.63) is 32.2 Å². The Morgan fingerprint density at radius 1 is 1.42 bits per heavy atom. The Morgan fingerprint density at radius 3 is 2.63 bits per heavy atom. The Hall–Kier alpha value is -1.58. The highest BCUT2D eigenvalue weighted by Crippen LogP contribution is 2.28. The van der Waals surface area contributed by atoms with Crippen molar-refractivity contribution < 1.29 is 4.79 Å². The summed E-state index contributed by atoms with van der Waals surface area (Å²) in [6, 6.07) is 2.06. The summed E-state index contributed by atoms with van der Waals surface area (Å²) in [5.74, 6) is -0.728. The molecule has 0 fully saturated rings. The lowest BCUT2D eigenvalue weighted by atomic mass is 10.0. The molecule has 2 aromatic heterocycles. The molecule has 0 N–H and O–H groups in total. The van der Waals surface area contributed by atoms with E-state index in [0.29, 0.717) is 21.5 Å². The minimum atomic E-state index is -0.823. The van der Waals surface area contributed by atoms with Crippen LogP contribution in [0.2, 0.25) is 0 Å². The van der Waals surface area contributed by atoms with E-state index in [1.807, 2.05) is 19.2 Å². The minimum Gasteiger partial charge on any atom is -0.291 e. The first-order valence-electron chi connectivity index (χ1n) is 5.83. The van der Waals surface area contributed by atoms with Crippen LogP contribution in [-0.2, 0) is 0 Å². The highest BCUT2D eigenvalue weighted by atomic mass is 32.1. The van der Waals surface area contributed by atoms with E-state index in [0.717, 1.165) is 5.69 Å². The molecule has 6 heteroatoms. The predicted octanol–water partition coefficient (Wildman–Crippen LogP) is 3.52. The van der Waals surface area contributed by atoms with Crippen LogP contribution in [0, 0.1) is 18.3 Å². The molecule has 0 aromatic carbocycles. The normalized spacial score (nSPS) is 12.4. The summed E-state index contributed by atoms with van der Waals surface area (Å²) in [5.41, 5.74) is 3.23. The Balaban J connectivity index is 2.32. The van der Waals surface area contributed by atoms with Gasteiger partial charge in [-0.1, -0.05) is 13.8 Å². The molecule has 1 unspecified atom stereocenters. The predicted molar refractivity (Wildman–Crippen MR) is 75.7 cm³/mol. The van der Waals surface area contributed by atoms with E-state index in [1.165, 1.54) is 22.7 Å². The molecule has 0 amide bonds. The Bertz CT molecular complexity index is 636. The number of nitriles is 1. The van der Waals surface area contributed by atoms with Crippen LogP contribution >= 0.6 is 22.7 Å². The molecule has 2 heterocycles. The van der Waals surface area contributed by atoms with Gasteiger partial charge in [0, 0.05) is 5.38 Å². The Morgan fingerprint density at radius 2 is 2.16 bits per heavy atom. The van der Waals surface area contributed by atoms with Gasteiger partial charge >= 0.3 is 0 Å². The van der Waals surface area contributed by atoms with Gasteiger partial charge in [-0.3, -0.25) is 4.79 Å². The van der Waals surface area contributed by atoms with Crippen LogP contribution in [-0.4, -0.2) is 15.8 Å². The fraction of sp³-hybridized carbons (Fsp3) is 0.385. The van der Waals surface area contributed by atoms with Gasteiger partial charge in [0.05, 0.1) is 27.8 Å². The third-order valence-electron chi connectivity index (χ3n) is 2.74. The average Bonchev–Trinajstić information content (AvgIpc) is 2.99. The van der Waals surface area contributed by atoms with Crippen molar-refractivity contribution in [3.8, 4) is 6.07 Å². The number of ketones is 1. The van der Waals surface area contributed by atoms with Gasteiger partial charge in [0.15, 0.2) is 11.7 Å². The van der Waals surface area contributed by atoms with Crippen LogP contribution in [0.1, 0.15) is 51.8 Å². The first-order valence-corrected chi connectivity index (χ1v) is 7.59. The third-order valence-corrected chi connectivity index (χ3v) is 4.61. The molecule has 0 bridgehead atoms. The first kappa shape index (κ1) is 13.8. The lowest BCUT2D eigenvalue weighted by Gasteiger charge is -2.04. The van der Waals surface area contributed by atoms with Crippen molar-refractivity contribution in [1.29, 1.82) is 5.26 Å². The molecular formula is C13H13N3OS2. The molecule has 0 aliphatic heterocycles. The quantitative estimate of drug-likeness (QED) is 0.808. The highest BCUT2D eigenvalue weighted by Gasteiger charge is 2.27. The summed E-state index contributed by atoms with van der Waals surface area (Å²) in [5, 5.41) is 11.8. The van der Waals surface area contributed by atoms with Gasteiger partial charge in [-0.25, -0.2) is 9.97 Å². The molecule has 4 nitrogen and oxygen atoms in total. The zero-order valence-electron chi connectivity index (χ0n) is 10.9. The van der Waals surface area contributed by atoms with Crippen molar-refractivity contribution in [2.24, 2.45) is 0 Å². The number of hydrogen-bond acceptors (Lipinski definition) is 6. The SMILES string of the molecule is Cc1ncsc1C(=O)C(C#N)c1nc(C(C)C)cs1. The summed E-state index contributed by atoms with van der Waals surface area (Å²) in [6.07, 6.45) is 0. The number of carbonyl (C=O) groups excluding carboxylic acids is 1. The maximum atomic E-state index is 12.4. The second kappa shape index (κ2) is 5.59. The van der Waals surface area contributed by atoms with E-state index in [9.17, 15) is 10.1 Å². The Labute approximate surface area is 119 Å². The van der Waals surface area contributed by atoms with E-state index in [1.54, 1.807) is 12.4 Å². The zero-order chi connectivity index (χ0) is 14.0. The number of Topliss-reactive ketones (excluding diaryl/α,β-unsaturated/α-hetero) is 1. The lowest BCUT2D eigenvalue weighted by molar-refractivity contribution is 0.0982. The topological polar surface area (TPSA) is 66.6 Å². The van der Waals surface area contributed by atoms with E-state index < -0.39 is 5.92 Å². The van der Waals surface area contributed by atoms with Crippen LogP contribution in [0.4, 0.5) is 0 Å². The van der Waals surface area contributed by atoms with Gasteiger partial charge < -0.3 is 0 Å². The van der Waals surface area contributed by atoms with E-state index in [-0.39, 0.29) is 5.78 Å². The molecule has 0 saturated carbocycles. The number of carbonyl (C=O) groups is 1. The molecule has 1 atom stereocenters. The largest absolute Gasteiger partial charge is 0.291 e. The van der Waals surface area contributed by atoms with Crippen LogP contribution in [0.15, 0.2) is 10.9 Å². The smallest absolute Gasteiger partial charge is 0.198 e. The molecule has 2 aromatic rings. The maximum Gasteiger partial charge on any atom is 0.198 e. The van der Waals surface area contributed by atoms with Crippen molar-refractivity contribution in [1.82, 2.24) is 9.97 Å². The monoisotopic (exact) mass is 291 g/mol. The van der Waals surface area contributed by atoms with E-state index >= 15 is 0 Å². The van der Waals surface area contributed by atoms with Crippen LogP contribution < -0.4 is 0 Å². The molecule has 0 saturated heterocycles. The number of aromatic nitrogens is 2. The minimum absolute atomic E-state index is 0.202. The van der Waals surface area contributed by atoms with E-state index in [4.69, 9.17) is 0 Å². The highest BCUT2D eigenvalue weighted by molar-refractivity contribution is 7.12. The number of rotatable bonds is 4. The number of aryl methyl sites for hydroxylation is 1. The van der Waals surface area contributed by atoms with Crippen molar-refractivity contribution in [2.45, 2.75) is 32.6 Å².